The molecule has 0 fully saturated rings. The number of ether oxygens (including phenoxy) is 1. The van der Waals surface area contributed by atoms with Crippen LogP contribution in [0.4, 0.5) is 0 Å². The van der Waals surface area contributed by atoms with Gasteiger partial charge in [0.05, 0.1) is 0 Å². The van der Waals surface area contributed by atoms with Crippen LogP contribution in [-0.4, -0.2) is 35.9 Å². The SMILES string of the molecule is CCNC(=O)[C@@H](C)N(Cc1ccc(C)cc1)C(=O)COc1cccc(Cl)c1. The number of hydrogen-bond donors (Lipinski definition) is 1. The number of aryl methyl sites for hydroxylation is 1. The second-order valence-electron chi connectivity index (χ2n) is 6.32. The van der Waals surface area contributed by atoms with Gasteiger partial charge in [0.15, 0.2) is 6.61 Å². The summed E-state index contributed by atoms with van der Waals surface area (Å²) in [7, 11) is 0. The van der Waals surface area contributed by atoms with Gasteiger partial charge in [-0.15, -0.1) is 0 Å². The third kappa shape index (κ3) is 6.29. The quantitative estimate of drug-likeness (QED) is 0.751. The highest BCUT2D eigenvalue weighted by Gasteiger charge is 2.26. The zero-order chi connectivity index (χ0) is 19.8. The number of benzene rings is 2. The van der Waals surface area contributed by atoms with Crippen molar-refractivity contribution in [1.82, 2.24) is 10.2 Å². The molecule has 0 aliphatic heterocycles. The second-order valence-corrected chi connectivity index (χ2v) is 6.76. The molecule has 27 heavy (non-hydrogen) atoms. The number of likely N-dealkylation sites (N-methyl/N-ethyl adjacent to an activating group) is 1. The molecule has 1 N–H and O–H groups in total. The van der Waals surface area contributed by atoms with Crippen LogP contribution in [0.15, 0.2) is 48.5 Å². The van der Waals surface area contributed by atoms with Crippen LogP contribution in [0, 0.1) is 6.92 Å². The fourth-order valence-corrected chi connectivity index (χ4v) is 2.76. The molecule has 0 unspecified atom stereocenters. The fourth-order valence-electron chi connectivity index (χ4n) is 2.58. The van der Waals surface area contributed by atoms with E-state index in [1.54, 1.807) is 31.2 Å². The number of nitrogens with zero attached hydrogens (tertiary/aromatic N) is 1. The van der Waals surface area contributed by atoms with Crippen molar-refractivity contribution in [2.45, 2.75) is 33.4 Å². The van der Waals surface area contributed by atoms with E-state index in [4.69, 9.17) is 16.3 Å². The first-order valence-corrected chi connectivity index (χ1v) is 9.29. The fraction of sp³-hybridized carbons (Fsp3) is 0.333. The summed E-state index contributed by atoms with van der Waals surface area (Å²) in [4.78, 5) is 26.6. The average molecular weight is 389 g/mol. The Hall–Kier alpha value is -2.53. The molecule has 1 atom stereocenters. The van der Waals surface area contributed by atoms with Crippen LogP contribution in [0.1, 0.15) is 25.0 Å². The van der Waals surface area contributed by atoms with Crippen molar-refractivity contribution in [2.75, 3.05) is 13.2 Å². The molecule has 0 bridgehead atoms. The van der Waals surface area contributed by atoms with Crippen LogP contribution in [0.25, 0.3) is 0 Å². The first-order valence-electron chi connectivity index (χ1n) is 8.91. The van der Waals surface area contributed by atoms with Crippen molar-refractivity contribution in [3.05, 3.63) is 64.7 Å². The summed E-state index contributed by atoms with van der Waals surface area (Å²) >= 11 is 5.94. The van der Waals surface area contributed by atoms with Gasteiger partial charge in [0.2, 0.25) is 5.91 Å². The normalized spacial score (nSPS) is 11.6. The molecule has 144 valence electrons. The van der Waals surface area contributed by atoms with E-state index >= 15 is 0 Å². The van der Waals surface area contributed by atoms with E-state index in [2.05, 4.69) is 5.32 Å². The molecular formula is C21H25ClN2O3. The maximum absolute atomic E-state index is 12.8. The molecule has 6 heteroatoms. The zero-order valence-corrected chi connectivity index (χ0v) is 16.6. The first-order chi connectivity index (χ1) is 12.9. The highest BCUT2D eigenvalue weighted by molar-refractivity contribution is 6.30. The molecule has 5 nitrogen and oxygen atoms in total. The Morgan fingerprint density at radius 2 is 1.89 bits per heavy atom. The largest absolute Gasteiger partial charge is 0.484 e. The molecule has 0 heterocycles. The zero-order valence-electron chi connectivity index (χ0n) is 15.9. The molecule has 0 aliphatic rings. The lowest BCUT2D eigenvalue weighted by molar-refractivity contribution is -0.142. The first kappa shape index (κ1) is 20.8. The van der Waals surface area contributed by atoms with Gasteiger partial charge in [-0.05, 0) is 44.5 Å². The van der Waals surface area contributed by atoms with E-state index in [0.29, 0.717) is 23.9 Å². The molecule has 0 aromatic heterocycles. The minimum atomic E-state index is -0.610. The number of carbonyl (C=O) groups is 2. The predicted octanol–water partition coefficient (Wildman–Crippen LogP) is 3.58. The van der Waals surface area contributed by atoms with Crippen LogP contribution in [0.3, 0.4) is 0 Å². The summed E-state index contributed by atoms with van der Waals surface area (Å²) in [6, 6.07) is 14.1. The Bertz CT molecular complexity index is 777. The van der Waals surface area contributed by atoms with Gasteiger partial charge < -0.3 is 15.0 Å². The summed E-state index contributed by atoms with van der Waals surface area (Å²) in [5, 5.41) is 3.30. The van der Waals surface area contributed by atoms with Crippen molar-refractivity contribution in [3.63, 3.8) is 0 Å². The number of amides is 2. The lowest BCUT2D eigenvalue weighted by Gasteiger charge is -2.28. The molecule has 2 aromatic carbocycles. The Kier molecular flexibility index (Phi) is 7.67. The van der Waals surface area contributed by atoms with Crippen molar-refractivity contribution >= 4 is 23.4 Å². The number of carbonyl (C=O) groups excluding carboxylic acids is 2. The highest BCUT2D eigenvalue weighted by atomic mass is 35.5. The van der Waals surface area contributed by atoms with Gasteiger partial charge in [-0.1, -0.05) is 47.5 Å². The minimum absolute atomic E-state index is 0.171. The van der Waals surface area contributed by atoms with Crippen molar-refractivity contribution < 1.29 is 14.3 Å². The summed E-state index contributed by atoms with van der Waals surface area (Å²) in [5.74, 6) is 0.0480. The predicted molar refractivity (Wildman–Crippen MR) is 107 cm³/mol. The highest BCUT2D eigenvalue weighted by Crippen LogP contribution is 2.18. The molecule has 0 saturated heterocycles. The Morgan fingerprint density at radius 3 is 2.52 bits per heavy atom. The van der Waals surface area contributed by atoms with Gasteiger partial charge in [0.1, 0.15) is 11.8 Å². The lowest BCUT2D eigenvalue weighted by atomic mass is 10.1. The van der Waals surface area contributed by atoms with Crippen molar-refractivity contribution in [3.8, 4) is 5.75 Å². The van der Waals surface area contributed by atoms with E-state index in [1.807, 2.05) is 38.1 Å². The lowest BCUT2D eigenvalue weighted by Crippen LogP contribution is -2.49. The molecule has 2 aromatic rings. The van der Waals surface area contributed by atoms with Crippen molar-refractivity contribution in [2.24, 2.45) is 0 Å². The number of hydrogen-bond acceptors (Lipinski definition) is 3. The van der Waals surface area contributed by atoms with Crippen LogP contribution >= 0.6 is 11.6 Å². The van der Waals surface area contributed by atoms with Gasteiger partial charge in [-0.2, -0.15) is 0 Å². The van der Waals surface area contributed by atoms with E-state index in [1.165, 1.54) is 4.90 Å². The molecule has 2 amide bonds. The van der Waals surface area contributed by atoms with E-state index < -0.39 is 6.04 Å². The third-order valence-electron chi connectivity index (χ3n) is 4.15. The molecule has 0 radical (unpaired) electrons. The van der Waals surface area contributed by atoms with Crippen LogP contribution in [0.5, 0.6) is 5.75 Å². The van der Waals surface area contributed by atoms with E-state index in [9.17, 15) is 9.59 Å². The van der Waals surface area contributed by atoms with Gasteiger partial charge in [-0.3, -0.25) is 9.59 Å². The summed E-state index contributed by atoms with van der Waals surface area (Å²) in [5.41, 5.74) is 2.09. The molecule has 2 rings (SSSR count). The van der Waals surface area contributed by atoms with Gasteiger partial charge in [0.25, 0.3) is 5.91 Å². The molecule has 0 spiro atoms. The summed E-state index contributed by atoms with van der Waals surface area (Å²) in [6.07, 6.45) is 0. The van der Waals surface area contributed by atoms with Crippen molar-refractivity contribution in [1.29, 1.82) is 0 Å². The topological polar surface area (TPSA) is 58.6 Å². The van der Waals surface area contributed by atoms with Gasteiger partial charge in [0, 0.05) is 18.1 Å². The van der Waals surface area contributed by atoms with E-state index in [0.717, 1.165) is 11.1 Å². The number of nitrogens with one attached hydrogen (secondary N) is 1. The monoisotopic (exact) mass is 388 g/mol. The maximum atomic E-state index is 12.8. The number of rotatable bonds is 8. The van der Waals surface area contributed by atoms with Gasteiger partial charge >= 0.3 is 0 Å². The Balaban J connectivity index is 2.12. The molecular weight excluding hydrogens is 364 g/mol. The number of halogens is 1. The minimum Gasteiger partial charge on any atom is -0.484 e. The van der Waals surface area contributed by atoms with Crippen LogP contribution in [-0.2, 0) is 16.1 Å². The standard InChI is InChI=1S/C21H25ClN2O3/c1-4-23-21(26)16(3)24(13-17-10-8-15(2)9-11-17)20(25)14-27-19-7-5-6-18(22)12-19/h5-12,16H,4,13-14H2,1-3H3,(H,23,26)/t16-/m1/s1. The van der Waals surface area contributed by atoms with E-state index in [-0.39, 0.29) is 18.4 Å². The smallest absolute Gasteiger partial charge is 0.261 e. The Morgan fingerprint density at radius 1 is 1.19 bits per heavy atom. The Labute approximate surface area is 165 Å². The van der Waals surface area contributed by atoms with Crippen LogP contribution in [0.2, 0.25) is 5.02 Å². The summed E-state index contributed by atoms with van der Waals surface area (Å²) in [6.45, 7) is 6.24. The second kappa shape index (κ2) is 9.97. The van der Waals surface area contributed by atoms with Gasteiger partial charge in [-0.25, -0.2) is 0 Å². The average Bonchev–Trinajstić information content (AvgIpc) is 2.65. The van der Waals surface area contributed by atoms with Crippen LogP contribution < -0.4 is 10.1 Å². The third-order valence-corrected chi connectivity index (χ3v) is 4.39. The summed E-state index contributed by atoms with van der Waals surface area (Å²) < 4.78 is 5.57. The molecule has 0 aliphatic carbocycles. The molecule has 0 saturated carbocycles. The maximum Gasteiger partial charge on any atom is 0.261 e.